The molecule has 0 radical (unpaired) electrons. The predicted molar refractivity (Wildman–Crippen MR) is 103 cm³/mol. The molecular weight excluding hydrogens is 340 g/mol. The molecule has 0 spiro atoms. The van der Waals surface area contributed by atoms with Gasteiger partial charge in [0.15, 0.2) is 0 Å². The third-order valence-electron chi connectivity index (χ3n) is 4.67. The van der Waals surface area contributed by atoms with Crippen molar-refractivity contribution in [1.82, 2.24) is 20.0 Å². The molecule has 0 bridgehead atoms. The molecule has 4 rings (SSSR count). The first-order chi connectivity index (χ1) is 13.3. The molecule has 3 heterocycles. The van der Waals surface area contributed by atoms with Crippen LogP contribution >= 0.6 is 0 Å². The second-order valence-electron chi connectivity index (χ2n) is 6.58. The fourth-order valence-corrected chi connectivity index (χ4v) is 3.19. The summed E-state index contributed by atoms with van der Waals surface area (Å²) >= 11 is 0. The van der Waals surface area contributed by atoms with Crippen molar-refractivity contribution in [3.8, 4) is 5.69 Å². The van der Waals surface area contributed by atoms with Crippen LogP contribution in [0.5, 0.6) is 0 Å². The van der Waals surface area contributed by atoms with Gasteiger partial charge in [-0.3, -0.25) is 9.69 Å². The van der Waals surface area contributed by atoms with Gasteiger partial charge in [0, 0.05) is 24.8 Å². The lowest BCUT2D eigenvalue weighted by Crippen LogP contribution is -2.38. The Labute approximate surface area is 158 Å². The lowest BCUT2D eigenvalue weighted by atomic mass is 10.0. The second kappa shape index (κ2) is 8.05. The molecule has 0 atom stereocenters. The SMILES string of the molecule is O=C(CN1CC=C(c2cnn(-c3ccccc3)c2)CC1)NCc1ccco1. The van der Waals surface area contributed by atoms with E-state index >= 15 is 0 Å². The Bertz CT molecular complexity index is 913. The quantitative estimate of drug-likeness (QED) is 0.732. The summed E-state index contributed by atoms with van der Waals surface area (Å²) in [5.41, 5.74) is 3.47. The van der Waals surface area contributed by atoms with Crippen LogP contribution in [0.2, 0.25) is 0 Å². The summed E-state index contributed by atoms with van der Waals surface area (Å²) in [7, 11) is 0. The predicted octanol–water partition coefficient (Wildman–Crippen LogP) is 2.87. The van der Waals surface area contributed by atoms with Crippen molar-refractivity contribution < 1.29 is 9.21 Å². The molecule has 1 aliphatic heterocycles. The van der Waals surface area contributed by atoms with Crippen LogP contribution < -0.4 is 5.32 Å². The van der Waals surface area contributed by atoms with Crippen LogP contribution in [0.3, 0.4) is 0 Å². The highest BCUT2D eigenvalue weighted by molar-refractivity contribution is 5.78. The molecule has 1 N–H and O–H groups in total. The van der Waals surface area contributed by atoms with Crippen LogP contribution in [-0.4, -0.2) is 40.2 Å². The summed E-state index contributed by atoms with van der Waals surface area (Å²) < 4.78 is 7.12. The molecule has 6 heteroatoms. The van der Waals surface area contributed by atoms with E-state index in [4.69, 9.17) is 4.42 Å². The Morgan fingerprint density at radius 2 is 2.07 bits per heavy atom. The highest BCUT2D eigenvalue weighted by Gasteiger charge is 2.16. The van der Waals surface area contributed by atoms with E-state index in [-0.39, 0.29) is 5.91 Å². The van der Waals surface area contributed by atoms with Gasteiger partial charge >= 0.3 is 0 Å². The zero-order valence-electron chi connectivity index (χ0n) is 15.0. The average molecular weight is 362 g/mol. The van der Waals surface area contributed by atoms with Gasteiger partial charge < -0.3 is 9.73 Å². The molecule has 3 aromatic rings. The molecule has 1 aromatic carbocycles. The Balaban J connectivity index is 1.31. The van der Waals surface area contributed by atoms with Crippen LogP contribution in [0, 0.1) is 0 Å². The van der Waals surface area contributed by atoms with Crippen molar-refractivity contribution in [2.75, 3.05) is 19.6 Å². The third-order valence-corrected chi connectivity index (χ3v) is 4.67. The summed E-state index contributed by atoms with van der Waals surface area (Å²) in [6.45, 7) is 2.45. The number of hydrogen-bond acceptors (Lipinski definition) is 4. The summed E-state index contributed by atoms with van der Waals surface area (Å²) in [6.07, 6.45) is 8.68. The monoisotopic (exact) mass is 362 g/mol. The Morgan fingerprint density at radius 1 is 1.19 bits per heavy atom. The van der Waals surface area contributed by atoms with Crippen molar-refractivity contribution in [1.29, 1.82) is 0 Å². The average Bonchev–Trinajstić information content (AvgIpc) is 3.40. The minimum absolute atomic E-state index is 0.0140. The number of nitrogens with one attached hydrogen (secondary N) is 1. The zero-order valence-corrected chi connectivity index (χ0v) is 15.0. The lowest BCUT2D eigenvalue weighted by molar-refractivity contribution is -0.122. The molecular formula is C21H22N4O2. The number of para-hydroxylation sites is 1. The molecule has 0 aliphatic carbocycles. The molecule has 0 saturated heterocycles. The number of rotatable bonds is 6. The van der Waals surface area contributed by atoms with Gasteiger partial charge in [0.25, 0.3) is 0 Å². The molecule has 0 saturated carbocycles. The van der Waals surface area contributed by atoms with E-state index < -0.39 is 0 Å². The van der Waals surface area contributed by atoms with E-state index in [1.54, 1.807) is 6.26 Å². The summed E-state index contributed by atoms with van der Waals surface area (Å²) in [6, 6.07) is 13.8. The van der Waals surface area contributed by atoms with Crippen LogP contribution in [0.4, 0.5) is 0 Å². The number of amides is 1. The molecule has 6 nitrogen and oxygen atoms in total. The van der Waals surface area contributed by atoms with Crippen LogP contribution in [0.1, 0.15) is 17.7 Å². The van der Waals surface area contributed by atoms with Gasteiger partial charge in [-0.2, -0.15) is 5.10 Å². The number of nitrogens with zero attached hydrogens (tertiary/aromatic N) is 3. The number of hydrogen-bond donors (Lipinski definition) is 1. The van der Waals surface area contributed by atoms with Crippen molar-refractivity contribution >= 4 is 11.5 Å². The van der Waals surface area contributed by atoms with Gasteiger partial charge in [0.2, 0.25) is 5.91 Å². The van der Waals surface area contributed by atoms with Gasteiger partial charge in [0.05, 0.1) is 31.2 Å². The lowest BCUT2D eigenvalue weighted by Gasteiger charge is -2.25. The molecule has 0 unspecified atom stereocenters. The first kappa shape index (κ1) is 17.3. The topological polar surface area (TPSA) is 63.3 Å². The van der Waals surface area contributed by atoms with Crippen molar-refractivity contribution in [2.45, 2.75) is 13.0 Å². The zero-order chi connectivity index (χ0) is 18.5. The summed E-state index contributed by atoms with van der Waals surface area (Å²) in [5, 5.41) is 7.36. The Hall–Kier alpha value is -3.12. The van der Waals surface area contributed by atoms with E-state index in [2.05, 4.69) is 27.6 Å². The second-order valence-corrected chi connectivity index (χ2v) is 6.58. The van der Waals surface area contributed by atoms with Crippen molar-refractivity contribution in [3.05, 3.63) is 78.5 Å². The maximum Gasteiger partial charge on any atom is 0.234 e. The van der Waals surface area contributed by atoms with Crippen LogP contribution in [0.25, 0.3) is 11.3 Å². The van der Waals surface area contributed by atoms with Crippen LogP contribution in [0.15, 0.2) is 71.6 Å². The van der Waals surface area contributed by atoms with E-state index in [0.717, 1.165) is 36.5 Å². The summed E-state index contributed by atoms with van der Waals surface area (Å²) in [4.78, 5) is 14.2. The van der Waals surface area contributed by atoms with Crippen molar-refractivity contribution in [2.24, 2.45) is 0 Å². The standard InChI is InChI=1S/C21H22N4O2/c26-21(22-14-20-7-4-12-27-20)16-24-10-8-17(9-11-24)18-13-23-25(15-18)19-5-2-1-3-6-19/h1-8,12-13,15H,9-11,14,16H2,(H,22,26). The molecule has 138 valence electrons. The minimum atomic E-state index is 0.0140. The van der Waals surface area contributed by atoms with Gasteiger partial charge in [-0.05, 0) is 36.3 Å². The number of carbonyl (C=O) groups is 1. The molecule has 1 amide bonds. The normalized spacial score (nSPS) is 14.7. The minimum Gasteiger partial charge on any atom is -0.467 e. The largest absolute Gasteiger partial charge is 0.467 e. The van der Waals surface area contributed by atoms with E-state index in [9.17, 15) is 4.79 Å². The highest BCUT2D eigenvalue weighted by Crippen LogP contribution is 2.22. The Kier molecular flexibility index (Phi) is 5.16. The van der Waals surface area contributed by atoms with E-state index in [1.165, 1.54) is 5.57 Å². The van der Waals surface area contributed by atoms with Gasteiger partial charge in [0.1, 0.15) is 5.76 Å². The van der Waals surface area contributed by atoms with Gasteiger partial charge in [-0.15, -0.1) is 0 Å². The van der Waals surface area contributed by atoms with E-state index in [1.807, 2.05) is 53.3 Å². The number of benzene rings is 1. The molecule has 1 aliphatic rings. The fraction of sp³-hybridized carbons (Fsp3) is 0.238. The summed E-state index contributed by atoms with van der Waals surface area (Å²) in [5.74, 6) is 0.778. The highest BCUT2D eigenvalue weighted by atomic mass is 16.3. The first-order valence-electron chi connectivity index (χ1n) is 9.09. The first-order valence-corrected chi connectivity index (χ1v) is 9.09. The maximum absolute atomic E-state index is 12.1. The number of carbonyl (C=O) groups excluding carboxylic acids is 1. The van der Waals surface area contributed by atoms with E-state index in [0.29, 0.717) is 13.1 Å². The Morgan fingerprint density at radius 3 is 2.81 bits per heavy atom. The number of aromatic nitrogens is 2. The van der Waals surface area contributed by atoms with Crippen LogP contribution in [-0.2, 0) is 11.3 Å². The third kappa shape index (κ3) is 4.35. The molecule has 0 fully saturated rings. The maximum atomic E-state index is 12.1. The van der Waals surface area contributed by atoms with Crippen molar-refractivity contribution in [3.63, 3.8) is 0 Å². The van der Waals surface area contributed by atoms with Gasteiger partial charge in [-0.1, -0.05) is 24.3 Å². The molecule has 27 heavy (non-hydrogen) atoms. The smallest absolute Gasteiger partial charge is 0.234 e. The number of furan rings is 1. The fourth-order valence-electron chi connectivity index (χ4n) is 3.19. The molecule has 2 aromatic heterocycles. The van der Waals surface area contributed by atoms with Gasteiger partial charge in [-0.25, -0.2) is 4.68 Å².